The molecule has 0 aliphatic rings. The summed E-state index contributed by atoms with van der Waals surface area (Å²) in [6.45, 7) is 1.44. The van der Waals surface area contributed by atoms with E-state index in [4.69, 9.17) is 16.3 Å². The van der Waals surface area contributed by atoms with Crippen LogP contribution in [0.15, 0.2) is 24.3 Å². The Bertz CT molecular complexity index is 599. The Hall–Kier alpha value is -2.74. The molecule has 110 valence electrons. The lowest BCUT2D eigenvalue weighted by Crippen LogP contribution is -2.34. The summed E-state index contributed by atoms with van der Waals surface area (Å²) in [4.78, 5) is 23.7. The number of carboxylic acid groups (broad SMARTS) is 1. The molecular weight excluding hydrogens is 270 g/mol. The van der Waals surface area contributed by atoms with Gasteiger partial charge >= 0.3 is 5.97 Å². The van der Waals surface area contributed by atoms with E-state index in [0.717, 1.165) is 16.0 Å². The number of carbonyl (C=O) groups is 2. The molecule has 5 nitrogen and oxygen atoms in total. The molecule has 0 spiro atoms. The van der Waals surface area contributed by atoms with E-state index in [-0.39, 0.29) is 6.54 Å². The Morgan fingerprint density at radius 3 is 2.76 bits per heavy atom. The minimum atomic E-state index is -1.11. The zero-order valence-electron chi connectivity index (χ0n) is 12.0. The van der Waals surface area contributed by atoms with E-state index in [0.29, 0.717) is 5.75 Å². The maximum absolute atomic E-state index is 12.0. The molecule has 0 radical (unpaired) electrons. The van der Waals surface area contributed by atoms with Gasteiger partial charge in [0.1, 0.15) is 12.3 Å². The number of carbonyl (C=O) groups excluding carboxylic acids is 1. The van der Waals surface area contributed by atoms with E-state index < -0.39 is 18.4 Å². The first-order valence-corrected chi connectivity index (χ1v) is 6.24. The molecule has 0 unspecified atom stereocenters. The highest BCUT2D eigenvalue weighted by Gasteiger charge is 2.13. The van der Waals surface area contributed by atoms with Gasteiger partial charge in [-0.1, -0.05) is 17.6 Å². The van der Waals surface area contributed by atoms with Gasteiger partial charge in [0.2, 0.25) is 5.91 Å². The molecule has 0 fully saturated rings. The van der Waals surface area contributed by atoms with Crippen LogP contribution in [-0.4, -0.2) is 42.1 Å². The zero-order valence-corrected chi connectivity index (χ0v) is 12.0. The Balaban J connectivity index is 2.92. The molecule has 0 saturated heterocycles. The normalized spacial score (nSPS) is 10.1. The summed E-state index contributed by atoms with van der Waals surface area (Å²) in [6.07, 6.45) is 8.01. The van der Waals surface area contributed by atoms with Crippen molar-refractivity contribution < 1.29 is 19.4 Å². The average molecular weight is 287 g/mol. The molecule has 5 heteroatoms. The van der Waals surface area contributed by atoms with Crippen molar-refractivity contribution in [2.75, 3.05) is 20.2 Å². The van der Waals surface area contributed by atoms with Crippen LogP contribution in [0.5, 0.6) is 5.75 Å². The number of carboxylic acids is 1. The van der Waals surface area contributed by atoms with E-state index in [2.05, 4.69) is 5.92 Å². The summed E-state index contributed by atoms with van der Waals surface area (Å²) in [5.74, 6) is 1.33. The zero-order chi connectivity index (χ0) is 15.8. The maximum Gasteiger partial charge on any atom is 0.323 e. The summed E-state index contributed by atoms with van der Waals surface area (Å²) >= 11 is 0. The van der Waals surface area contributed by atoms with Gasteiger partial charge in [0.25, 0.3) is 0 Å². The van der Waals surface area contributed by atoms with Gasteiger partial charge in [0.05, 0.1) is 13.7 Å². The smallest absolute Gasteiger partial charge is 0.323 e. The van der Waals surface area contributed by atoms with Crippen molar-refractivity contribution in [1.82, 2.24) is 4.90 Å². The van der Waals surface area contributed by atoms with Crippen LogP contribution < -0.4 is 4.74 Å². The summed E-state index contributed by atoms with van der Waals surface area (Å²) < 4.78 is 5.20. The van der Waals surface area contributed by atoms with Crippen LogP contribution in [0.3, 0.4) is 0 Å². The number of amides is 1. The molecule has 0 saturated carbocycles. The molecule has 1 aromatic carbocycles. The second-order valence-corrected chi connectivity index (χ2v) is 4.37. The van der Waals surface area contributed by atoms with Crippen LogP contribution in [0, 0.1) is 19.3 Å². The number of methoxy groups -OCH3 is 1. The maximum atomic E-state index is 12.0. The van der Waals surface area contributed by atoms with Crippen LogP contribution in [0.1, 0.15) is 11.1 Å². The van der Waals surface area contributed by atoms with Crippen molar-refractivity contribution in [3.8, 4) is 18.1 Å². The number of nitrogens with zero attached hydrogens (tertiary/aromatic N) is 1. The first kappa shape index (κ1) is 16.3. The summed E-state index contributed by atoms with van der Waals surface area (Å²) in [5.41, 5.74) is 1.76. The van der Waals surface area contributed by atoms with Crippen molar-refractivity contribution in [2.45, 2.75) is 6.92 Å². The van der Waals surface area contributed by atoms with Crippen LogP contribution in [0.25, 0.3) is 6.08 Å². The predicted octanol–water partition coefficient (Wildman–Crippen LogP) is 1.56. The third kappa shape index (κ3) is 5.03. The average Bonchev–Trinajstić information content (AvgIpc) is 2.44. The fourth-order valence-corrected chi connectivity index (χ4v) is 1.74. The highest BCUT2D eigenvalue weighted by Crippen LogP contribution is 2.21. The molecular formula is C16H17NO4. The second-order valence-electron chi connectivity index (χ2n) is 4.37. The van der Waals surface area contributed by atoms with E-state index in [1.807, 2.05) is 19.1 Å². The lowest BCUT2D eigenvalue weighted by molar-refractivity contribution is -0.142. The lowest BCUT2D eigenvalue weighted by atomic mass is 10.1. The molecule has 0 aliphatic carbocycles. The summed E-state index contributed by atoms with van der Waals surface area (Å²) in [7, 11) is 1.54. The fourth-order valence-electron chi connectivity index (χ4n) is 1.74. The van der Waals surface area contributed by atoms with Crippen molar-refractivity contribution in [1.29, 1.82) is 0 Å². The molecule has 1 amide bonds. The largest absolute Gasteiger partial charge is 0.496 e. The van der Waals surface area contributed by atoms with Crippen LogP contribution in [-0.2, 0) is 9.59 Å². The molecule has 21 heavy (non-hydrogen) atoms. The Morgan fingerprint density at radius 2 is 2.19 bits per heavy atom. The van der Waals surface area contributed by atoms with Crippen molar-refractivity contribution in [3.63, 3.8) is 0 Å². The molecule has 0 aromatic heterocycles. The number of ether oxygens (including phenoxy) is 1. The van der Waals surface area contributed by atoms with E-state index >= 15 is 0 Å². The minimum absolute atomic E-state index is 0.0551. The van der Waals surface area contributed by atoms with Crippen LogP contribution in [0.4, 0.5) is 0 Å². The van der Waals surface area contributed by atoms with Crippen molar-refractivity contribution in [2.24, 2.45) is 0 Å². The Kier molecular flexibility index (Phi) is 6.02. The second kappa shape index (κ2) is 7.75. The minimum Gasteiger partial charge on any atom is -0.496 e. The van der Waals surface area contributed by atoms with Gasteiger partial charge < -0.3 is 14.7 Å². The number of rotatable bonds is 6. The third-order valence-electron chi connectivity index (χ3n) is 2.71. The highest BCUT2D eigenvalue weighted by atomic mass is 16.5. The summed E-state index contributed by atoms with van der Waals surface area (Å²) in [5, 5.41) is 8.76. The lowest BCUT2D eigenvalue weighted by Gasteiger charge is -2.15. The van der Waals surface area contributed by atoms with Crippen molar-refractivity contribution in [3.05, 3.63) is 35.4 Å². The van der Waals surface area contributed by atoms with Crippen molar-refractivity contribution >= 4 is 18.0 Å². The fraction of sp³-hybridized carbons (Fsp3) is 0.250. The van der Waals surface area contributed by atoms with Gasteiger partial charge in [-0.25, -0.2) is 0 Å². The van der Waals surface area contributed by atoms with Gasteiger partial charge in [-0.15, -0.1) is 6.42 Å². The number of aliphatic carboxylic acids is 1. The predicted molar refractivity (Wildman–Crippen MR) is 79.8 cm³/mol. The van der Waals surface area contributed by atoms with Crippen LogP contribution in [0.2, 0.25) is 0 Å². The molecule has 0 atom stereocenters. The molecule has 1 aromatic rings. The monoisotopic (exact) mass is 287 g/mol. The first-order chi connectivity index (χ1) is 9.97. The molecule has 1 N–H and O–H groups in total. The Labute approximate surface area is 123 Å². The quantitative estimate of drug-likeness (QED) is 0.637. The SMILES string of the molecule is C#CCN(CC(=O)O)C(=O)C=Cc1cc(C)ccc1OC. The van der Waals surface area contributed by atoms with E-state index in [9.17, 15) is 9.59 Å². The first-order valence-electron chi connectivity index (χ1n) is 6.24. The molecule has 1 rings (SSSR count). The molecule has 0 bridgehead atoms. The van der Waals surface area contributed by atoms with E-state index in [1.165, 1.54) is 6.08 Å². The van der Waals surface area contributed by atoms with Crippen LogP contribution >= 0.6 is 0 Å². The van der Waals surface area contributed by atoms with Gasteiger partial charge in [-0.2, -0.15) is 0 Å². The number of benzene rings is 1. The third-order valence-corrected chi connectivity index (χ3v) is 2.71. The topological polar surface area (TPSA) is 66.8 Å². The van der Waals surface area contributed by atoms with Gasteiger partial charge in [-0.3, -0.25) is 9.59 Å². The summed E-state index contributed by atoms with van der Waals surface area (Å²) in [6, 6.07) is 5.56. The van der Waals surface area contributed by atoms with Gasteiger partial charge in [0, 0.05) is 11.6 Å². The molecule has 0 aliphatic heterocycles. The molecule has 0 heterocycles. The van der Waals surface area contributed by atoms with Gasteiger partial charge in [-0.05, 0) is 25.1 Å². The Morgan fingerprint density at radius 1 is 1.48 bits per heavy atom. The standard InChI is InChI=1S/C16H17NO4/c1-4-9-17(11-16(19)20)15(18)8-6-13-10-12(2)5-7-14(13)21-3/h1,5-8,10H,9,11H2,2-3H3,(H,19,20). The highest BCUT2D eigenvalue weighted by molar-refractivity contribution is 5.94. The number of hydrogen-bond acceptors (Lipinski definition) is 3. The number of aryl methyl sites for hydroxylation is 1. The van der Waals surface area contributed by atoms with Gasteiger partial charge in [0.15, 0.2) is 0 Å². The van der Waals surface area contributed by atoms with E-state index in [1.54, 1.807) is 19.3 Å². The number of hydrogen-bond donors (Lipinski definition) is 1. The number of terminal acetylenes is 1.